The second kappa shape index (κ2) is 11.3. The van der Waals surface area contributed by atoms with Gasteiger partial charge in [0.25, 0.3) is 0 Å². The van der Waals surface area contributed by atoms with Crippen LogP contribution in [0.15, 0.2) is 60.7 Å². The molecule has 1 unspecified atom stereocenters. The van der Waals surface area contributed by atoms with Gasteiger partial charge in [-0.25, -0.2) is 4.79 Å². The highest BCUT2D eigenvalue weighted by atomic mass is 16.5. The summed E-state index contributed by atoms with van der Waals surface area (Å²) in [4.78, 5) is 12.2. The van der Waals surface area contributed by atoms with E-state index in [2.05, 4.69) is 77.2 Å². The molecule has 4 heteroatoms. The van der Waals surface area contributed by atoms with E-state index in [4.69, 9.17) is 4.74 Å². The second-order valence-electron chi connectivity index (χ2n) is 11.9. The summed E-state index contributed by atoms with van der Waals surface area (Å²) in [5.41, 5.74) is 6.95. The molecular weight excluding hydrogens is 470 g/mol. The summed E-state index contributed by atoms with van der Waals surface area (Å²) in [6, 6.07) is 20.8. The number of hydrogen-bond donors (Lipinski definition) is 2. The van der Waals surface area contributed by atoms with Crippen molar-refractivity contribution in [2.24, 2.45) is 0 Å². The molecule has 1 atom stereocenters. The van der Waals surface area contributed by atoms with E-state index >= 15 is 0 Å². The SMILES string of the molecule is CCNC(CC)CCOc1ccc(-c2ccc(C(=O)O)c(-c3ccc4c(c3)C(C)(C)CCC4(C)C)c2)cc1. The van der Waals surface area contributed by atoms with Gasteiger partial charge in [-0.2, -0.15) is 0 Å². The molecule has 3 aromatic rings. The topological polar surface area (TPSA) is 58.6 Å². The molecule has 1 aliphatic rings. The lowest BCUT2D eigenvalue weighted by atomic mass is 9.63. The number of benzene rings is 3. The Balaban J connectivity index is 1.62. The zero-order valence-electron chi connectivity index (χ0n) is 23.9. The maximum absolute atomic E-state index is 12.2. The Morgan fingerprint density at radius 3 is 2.13 bits per heavy atom. The highest BCUT2D eigenvalue weighted by Crippen LogP contribution is 2.47. The van der Waals surface area contributed by atoms with Crippen LogP contribution in [0.4, 0.5) is 0 Å². The Kier molecular flexibility index (Phi) is 8.32. The minimum absolute atomic E-state index is 0.0570. The molecule has 0 bridgehead atoms. The summed E-state index contributed by atoms with van der Waals surface area (Å²) in [5, 5.41) is 13.5. The van der Waals surface area contributed by atoms with E-state index in [-0.39, 0.29) is 10.8 Å². The molecule has 0 fully saturated rings. The van der Waals surface area contributed by atoms with Gasteiger partial charge in [0.05, 0.1) is 12.2 Å². The van der Waals surface area contributed by atoms with Crippen molar-refractivity contribution in [1.29, 1.82) is 0 Å². The zero-order valence-corrected chi connectivity index (χ0v) is 23.9. The molecule has 1 aliphatic carbocycles. The van der Waals surface area contributed by atoms with Crippen molar-refractivity contribution in [3.05, 3.63) is 77.4 Å². The summed E-state index contributed by atoms with van der Waals surface area (Å²) >= 11 is 0. The highest BCUT2D eigenvalue weighted by molar-refractivity contribution is 5.97. The van der Waals surface area contributed by atoms with E-state index in [1.54, 1.807) is 6.07 Å². The maximum atomic E-state index is 12.2. The second-order valence-corrected chi connectivity index (χ2v) is 11.9. The van der Waals surface area contributed by atoms with Gasteiger partial charge >= 0.3 is 5.97 Å². The molecular formula is C34H43NO3. The summed E-state index contributed by atoms with van der Waals surface area (Å²) in [5.74, 6) is -0.0578. The van der Waals surface area contributed by atoms with Gasteiger partial charge < -0.3 is 15.2 Å². The standard InChI is InChI=1S/C34H43NO3/c1-7-26(35-8-2)17-20-38-27-13-9-23(10-14-27)24-11-15-28(32(36)37)29(21-24)25-12-16-30-31(22-25)34(5,6)19-18-33(30,3)4/h9-16,21-22,26,35H,7-8,17-20H2,1-6H3,(H,36,37). The van der Waals surface area contributed by atoms with Crippen molar-refractivity contribution >= 4 is 5.97 Å². The van der Waals surface area contributed by atoms with Crippen LogP contribution >= 0.6 is 0 Å². The number of nitrogens with one attached hydrogen (secondary N) is 1. The predicted octanol–water partition coefficient (Wildman–Crippen LogP) is 8.22. The van der Waals surface area contributed by atoms with E-state index in [0.29, 0.717) is 18.2 Å². The number of aromatic carboxylic acids is 1. The van der Waals surface area contributed by atoms with Crippen molar-refractivity contribution in [3.8, 4) is 28.0 Å². The minimum atomic E-state index is -0.907. The van der Waals surface area contributed by atoms with Crippen LogP contribution in [0.25, 0.3) is 22.3 Å². The molecule has 4 nitrogen and oxygen atoms in total. The molecule has 0 saturated carbocycles. The van der Waals surface area contributed by atoms with Gasteiger partial charge in [-0.3, -0.25) is 0 Å². The van der Waals surface area contributed by atoms with Crippen molar-refractivity contribution in [2.75, 3.05) is 13.2 Å². The molecule has 0 aliphatic heterocycles. The predicted molar refractivity (Wildman–Crippen MR) is 157 cm³/mol. The minimum Gasteiger partial charge on any atom is -0.494 e. The summed E-state index contributed by atoms with van der Waals surface area (Å²) in [7, 11) is 0. The van der Waals surface area contributed by atoms with E-state index < -0.39 is 5.97 Å². The Bertz CT molecular complexity index is 1270. The third kappa shape index (κ3) is 5.96. The van der Waals surface area contributed by atoms with Gasteiger partial charge in [-0.1, -0.05) is 77.9 Å². The number of carboxylic acids is 1. The van der Waals surface area contributed by atoms with Gasteiger partial charge in [-0.15, -0.1) is 0 Å². The number of fused-ring (bicyclic) bond motifs is 1. The molecule has 0 spiro atoms. The molecule has 0 heterocycles. The maximum Gasteiger partial charge on any atom is 0.336 e. The molecule has 0 saturated heterocycles. The lowest BCUT2D eigenvalue weighted by Gasteiger charge is -2.42. The van der Waals surface area contributed by atoms with Crippen LogP contribution in [0.2, 0.25) is 0 Å². The first-order chi connectivity index (χ1) is 18.1. The van der Waals surface area contributed by atoms with Crippen molar-refractivity contribution < 1.29 is 14.6 Å². The Morgan fingerprint density at radius 2 is 1.50 bits per heavy atom. The molecule has 202 valence electrons. The van der Waals surface area contributed by atoms with E-state index in [9.17, 15) is 9.90 Å². The number of rotatable bonds is 10. The average Bonchev–Trinajstić information content (AvgIpc) is 2.90. The van der Waals surface area contributed by atoms with Crippen molar-refractivity contribution in [1.82, 2.24) is 5.32 Å². The lowest BCUT2D eigenvalue weighted by molar-refractivity contribution is 0.0697. The molecule has 3 aromatic carbocycles. The number of ether oxygens (including phenoxy) is 1. The monoisotopic (exact) mass is 513 g/mol. The smallest absolute Gasteiger partial charge is 0.336 e. The van der Waals surface area contributed by atoms with Gasteiger partial charge in [0.1, 0.15) is 5.75 Å². The van der Waals surface area contributed by atoms with Gasteiger partial charge in [0.15, 0.2) is 0 Å². The average molecular weight is 514 g/mol. The summed E-state index contributed by atoms with van der Waals surface area (Å²) in [6.45, 7) is 15.2. The fraction of sp³-hybridized carbons (Fsp3) is 0.441. The molecule has 2 N–H and O–H groups in total. The van der Waals surface area contributed by atoms with Crippen LogP contribution in [-0.2, 0) is 10.8 Å². The normalized spacial score (nSPS) is 16.5. The first-order valence-corrected chi connectivity index (χ1v) is 14.0. The molecule has 0 aromatic heterocycles. The quantitative estimate of drug-likeness (QED) is 0.287. The van der Waals surface area contributed by atoms with Gasteiger partial charge in [0.2, 0.25) is 0 Å². The first-order valence-electron chi connectivity index (χ1n) is 14.0. The Hall–Kier alpha value is -3.11. The number of carboxylic acid groups (broad SMARTS) is 1. The van der Waals surface area contributed by atoms with Crippen LogP contribution in [0.1, 0.15) is 88.7 Å². The highest BCUT2D eigenvalue weighted by Gasteiger charge is 2.37. The van der Waals surface area contributed by atoms with Crippen LogP contribution in [-0.4, -0.2) is 30.3 Å². The van der Waals surface area contributed by atoms with Crippen molar-refractivity contribution in [2.45, 2.75) is 84.1 Å². The summed E-state index contributed by atoms with van der Waals surface area (Å²) in [6.07, 6.45) is 4.33. The van der Waals surface area contributed by atoms with Crippen LogP contribution in [0.5, 0.6) is 5.75 Å². The van der Waals surface area contributed by atoms with Crippen LogP contribution in [0.3, 0.4) is 0 Å². The van der Waals surface area contributed by atoms with Crippen molar-refractivity contribution in [3.63, 3.8) is 0 Å². The van der Waals surface area contributed by atoms with Gasteiger partial charge in [0, 0.05) is 6.04 Å². The van der Waals surface area contributed by atoms with Crippen LogP contribution in [0, 0.1) is 0 Å². The molecule has 0 amide bonds. The van der Waals surface area contributed by atoms with E-state index in [1.807, 2.05) is 24.3 Å². The third-order valence-corrected chi connectivity index (χ3v) is 8.32. The number of carbonyl (C=O) groups is 1. The van der Waals surface area contributed by atoms with E-state index in [1.165, 1.54) is 11.1 Å². The van der Waals surface area contributed by atoms with Crippen LogP contribution < -0.4 is 10.1 Å². The third-order valence-electron chi connectivity index (χ3n) is 8.32. The largest absolute Gasteiger partial charge is 0.494 e. The zero-order chi connectivity index (χ0) is 27.5. The molecule has 38 heavy (non-hydrogen) atoms. The molecule has 0 radical (unpaired) electrons. The first kappa shape index (κ1) is 27.9. The lowest BCUT2D eigenvalue weighted by Crippen LogP contribution is -2.33. The van der Waals surface area contributed by atoms with Gasteiger partial charge in [-0.05, 0) is 101 Å². The fourth-order valence-corrected chi connectivity index (χ4v) is 5.71. The Morgan fingerprint density at radius 1 is 0.868 bits per heavy atom. The Labute approximate surface area is 228 Å². The summed E-state index contributed by atoms with van der Waals surface area (Å²) < 4.78 is 5.99. The van der Waals surface area contributed by atoms with E-state index in [0.717, 1.165) is 60.2 Å². The molecule has 4 rings (SSSR count). The fourth-order valence-electron chi connectivity index (χ4n) is 5.71. The number of hydrogen-bond acceptors (Lipinski definition) is 3.